The minimum absolute atomic E-state index is 0.00216. The normalized spacial score (nSPS) is 14.1. The van der Waals surface area contributed by atoms with Gasteiger partial charge in [-0.15, -0.1) is 0 Å². The van der Waals surface area contributed by atoms with Crippen LogP contribution in [0.4, 0.5) is 23.1 Å². The molecule has 0 bridgehead atoms. The minimum atomic E-state index is -4.46. The standard InChI is InChI=1S/C34H44Cl2N6O6S/c1-33(2,3)30(31(44)45)42(49(46,47)26-19-23(35)18-24(36)20-26)25-9-10-27-22(17-25)12-14-41(27)32-37-13-11-28(38-32)40(16-15-39(7)8)21-29(43)48-34(4,5)6/h9-11,13,17-20,30H,12,14-16,21H2,1-8H3,(H,44,45). The second-order valence-electron chi connectivity index (χ2n) is 14.3. The number of hydrogen-bond donors (Lipinski definition) is 1. The number of ether oxygens (including phenoxy) is 1. The zero-order chi connectivity index (χ0) is 36.5. The quantitative estimate of drug-likeness (QED) is 0.223. The van der Waals surface area contributed by atoms with Gasteiger partial charge in [0.2, 0.25) is 5.95 Å². The average Bonchev–Trinajstić information content (AvgIpc) is 3.39. The maximum absolute atomic E-state index is 14.2. The van der Waals surface area contributed by atoms with E-state index < -0.39 is 33.1 Å². The van der Waals surface area contributed by atoms with E-state index in [1.807, 2.05) is 49.6 Å². The summed E-state index contributed by atoms with van der Waals surface area (Å²) in [5.74, 6) is -0.726. The van der Waals surface area contributed by atoms with Gasteiger partial charge < -0.3 is 24.5 Å². The number of carboxylic acids is 1. The Hall–Kier alpha value is -3.65. The first-order chi connectivity index (χ1) is 22.7. The lowest BCUT2D eigenvalue weighted by molar-refractivity contribution is -0.153. The van der Waals surface area contributed by atoms with Crippen LogP contribution in [0.25, 0.3) is 0 Å². The van der Waals surface area contributed by atoms with Gasteiger partial charge in [0.1, 0.15) is 24.0 Å². The molecule has 0 radical (unpaired) electrons. The van der Waals surface area contributed by atoms with Crippen molar-refractivity contribution in [2.75, 3.05) is 54.4 Å². The number of hydrogen-bond acceptors (Lipinski definition) is 10. The molecule has 0 spiro atoms. The van der Waals surface area contributed by atoms with Crippen molar-refractivity contribution >= 4 is 68.3 Å². The first-order valence-electron chi connectivity index (χ1n) is 15.8. The van der Waals surface area contributed by atoms with Gasteiger partial charge >= 0.3 is 11.9 Å². The largest absolute Gasteiger partial charge is 0.480 e. The van der Waals surface area contributed by atoms with Crippen molar-refractivity contribution in [3.8, 4) is 0 Å². The molecule has 1 aromatic heterocycles. The highest BCUT2D eigenvalue weighted by Crippen LogP contribution is 2.40. The topological polar surface area (TPSA) is 136 Å². The first kappa shape index (κ1) is 38.2. The van der Waals surface area contributed by atoms with Gasteiger partial charge in [-0.1, -0.05) is 44.0 Å². The minimum Gasteiger partial charge on any atom is -0.480 e. The highest BCUT2D eigenvalue weighted by molar-refractivity contribution is 7.93. The van der Waals surface area contributed by atoms with Crippen LogP contribution in [-0.4, -0.2) is 92.2 Å². The number of carbonyl (C=O) groups is 2. The number of fused-ring (bicyclic) bond motifs is 1. The third kappa shape index (κ3) is 9.33. The molecule has 0 saturated carbocycles. The van der Waals surface area contributed by atoms with Gasteiger partial charge in [-0.2, -0.15) is 4.98 Å². The summed E-state index contributed by atoms with van der Waals surface area (Å²) in [5, 5.41) is 10.6. The van der Waals surface area contributed by atoms with Crippen LogP contribution in [0.2, 0.25) is 10.0 Å². The van der Waals surface area contributed by atoms with Crippen molar-refractivity contribution in [1.29, 1.82) is 0 Å². The molecule has 1 aliphatic heterocycles. The molecular formula is C34H44Cl2N6O6S. The number of esters is 1. The van der Waals surface area contributed by atoms with Crippen LogP contribution in [0, 0.1) is 5.41 Å². The van der Waals surface area contributed by atoms with E-state index in [4.69, 9.17) is 32.9 Å². The summed E-state index contributed by atoms with van der Waals surface area (Å²) < 4.78 is 35.0. The molecule has 12 nitrogen and oxygen atoms in total. The zero-order valence-electron chi connectivity index (χ0n) is 29.1. The summed E-state index contributed by atoms with van der Waals surface area (Å²) in [7, 11) is -0.564. The molecule has 0 saturated heterocycles. The first-order valence-corrected chi connectivity index (χ1v) is 18.0. The van der Waals surface area contributed by atoms with Gasteiger partial charge in [-0.05, 0) is 94.7 Å². The lowest BCUT2D eigenvalue weighted by Crippen LogP contribution is -2.52. The van der Waals surface area contributed by atoms with Crippen LogP contribution >= 0.6 is 23.2 Å². The Balaban J connectivity index is 1.74. The SMILES string of the molecule is CN(C)CCN(CC(=O)OC(C)(C)C)c1ccnc(N2CCc3cc(N(C(C(=O)O)C(C)(C)C)S(=O)(=O)c4cc(Cl)cc(Cl)c4)ccc32)n1. The Labute approximate surface area is 298 Å². The number of rotatable bonds is 12. The molecular weight excluding hydrogens is 691 g/mol. The second kappa shape index (κ2) is 14.7. The Morgan fingerprint density at radius 3 is 2.22 bits per heavy atom. The Morgan fingerprint density at radius 1 is 1.00 bits per heavy atom. The smallest absolute Gasteiger partial charge is 0.328 e. The number of halogens is 2. The highest BCUT2D eigenvalue weighted by atomic mass is 35.5. The summed E-state index contributed by atoms with van der Waals surface area (Å²) in [4.78, 5) is 40.4. The molecule has 2 heterocycles. The summed E-state index contributed by atoms with van der Waals surface area (Å²) >= 11 is 12.3. The molecule has 1 aliphatic rings. The average molecular weight is 736 g/mol. The monoisotopic (exact) mass is 734 g/mol. The van der Waals surface area contributed by atoms with Crippen LogP contribution in [0.1, 0.15) is 47.1 Å². The molecule has 1 atom stereocenters. The van der Waals surface area contributed by atoms with Gasteiger partial charge in [0, 0.05) is 41.6 Å². The number of nitrogens with zero attached hydrogens (tertiary/aromatic N) is 6. The number of likely N-dealkylation sites (N-methyl/N-ethyl adjacent to an activating group) is 1. The summed E-state index contributed by atoms with van der Waals surface area (Å²) in [6, 6.07) is 9.20. The maximum Gasteiger partial charge on any atom is 0.328 e. The Morgan fingerprint density at radius 2 is 1.65 bits per heavy atom. The molecule has 4 rings (SSSR count). The number of aliphatic carboxylic acids is 1. The van der Waals surface area contributed by atoms with E-state index in [0.717, 1.165) is 15.6 Å². The third-order valence-corrected chi connectivity index (χ3v) is 9.85. The van der Waals surface area contributed by atoms with Crippen LogP contribution in [0.3, 0.4) is 0 Å². The molecule has 1 unspecified atom stereocenters. The van der Waals surface area contributed by atoms with Crippen molar-refractivity contribution in [1.82, 2.24) is 14.9 Å². The van der Waals surface area contributed by atoms with Gasteiger partial charge in [0.05, 0.1) is 10.6 Å². The summed E-state index contributed by atoms with van der Waals surface area (Å²) in [6.07, 6.45) is 2.15. The molecule has 0 amide bonds. The van der Waals surface area contributed by atoms with E-state index in [1.54, 1.807) is 51.2 Å². The number of aromatic nitrogens is 2. The zero-order valence-corrected chi connectivity index (χ0v) is 31.4. The van der Waals surface area contributed by atoms with Crippen LogP contribution in [-0.2, 0) is 30.8 Å². The van der Waals surface area contributed by atoms with E-state index >= 15 is 0 Å². The Bertz CT molecular complexity index is 1790. The predicted molar refractivity (Wildman–Crippen MR) is 193 cm³/mol. The van der Waals surface area contributed by atoms with Gasteiger partial charge in [-0.3, -0.25) is 9.10 Å². The van der Waals surface area contributed by atoms with Crippen molar-refractivity contribution in [3.63, 3.8) is 0 Å². The molecule has 2 aromatic carbocycles. The molecule has 49 heavy (non-hydrogen) atoms. The van der Waals surface area contributed by atoms with E-state index in [2.05, 4.69) is 4.98 Å². The van der Waals surface area contributed by atoms with Crippen molar-refractivity contribution in [2.45, 2.75) is 64.5 Å². The summed E-state index contributed by atoms with van der Waals surface area (Å²) in [6.45, 7) is 12.2. The maximum atomic E-state index is 14.2. The lowest BCUT2D eigenvalue weighted by Gasteiger charge is -2.38. The number of carboxylic acid groups (broad SMARTS) is 1. The molecule has 3 aromatic rings. The van der Waals surface area contributed by atoms with Crippen molar-refractivity contribution in [2.24, 2.45) is 5.41 Å². The number of anilines is 4. The van der Waals surface area contributed by atoms with E-state index in [-0.39, 0.29) is 33.1 Å². The number of carbonyl (C=O) groups excluding carboxylic acids is 1. The predicted octanol–water partition coefficient (Wildman–Crippen LogP) is 5.88. The number of benzene rings is 2. The molecule has 0 aliphatic carbocycles. The van der Waals surface area contributed by atoms with Gasteiger partial charge in [0.25, 0.3) is 10.0 Å². The van der Waals surface area contributed by atoms with E-state index in [1.165, 1.54) is 18.2 Å². The van der Waals surface area contributed by atoms with Crippen molar-refractivity contribution < 1.29 is 27.9 Å². The van der Waals surface area contributed by atoms with E-state index in [0.29, 0.717) is 37.8 Å². The fraction of sp³-hybridized carbons (Fsp3) is 0.471. The number of sulfonamides is 1. The second-order valence-corrected chi connectivity index (χ2v) is 16.9. The van der Waals surface area contributed by atoms with E-state index in [9.17, 15) is 23.1 Å². The lowest BCUT2D eigenvalue weighted by atomic mass is 9.86. The highest BCUT2D eigenvalue weighted by Gasteiger charge is 2.44. The molecule has 1 N–H and O–H groups in total. The fourth-order valence-electron chi connectivity index (χ4n) is 5.54. The molecule has 266 valence electrons. The van der Waals surface area contributed by atoms with Crippen molar-refractivity contribution in [3.05, 3.63) is 64.3 Å². The summed E-state index contributed by atoms with van der Waals surface area (Å²) in [5.41, 5.74) is 0.0807. The fourth-order valence-corrected chi connectivity index (χ4v) is 8.05. The van der Waals surface area contributed by atoms with Gasteiger partial charge in [0.15, 0.2) is 0 Å². The molecule has 0 fully saturated rings. The molecule has 15 heteroatoms. The Kier molecular flexibility index (Phi) is 11.4. The third-order valence-electron chi connectivity index (χ3n) is 7.65. The van der Waals surface area contributed by atoms with Crippen LogP contribution in [0.15, 0.2) is 53.6 Å². The van der Waals surface area contributed by atoms with Gasteiger partial charge in [-0.25, -0.2) is 18.2 Å². The van der Waals surface area contributed by atoms with Crippen LogP contribution < -0.4 is 14.1 Å². The van der Waals surface area contributed by atoms with Crippen LogP contribution in [0.5, 0.6) is 0 Å².